The van der Waals surface area contributed by atoms with E-state index in [1.807, 2.05) is 30.5 Å². The Hall–Kier alpha value is -0.960. The number of para-hydroxylation sites is 1. The van der Waals surface area contributed by atoms with E-state index in [1.54, 1.807) is 6.26 Å². The summed E-state index contributed by atoms with van der Waals surface area (Å²) in [5.74, 6) is 0. The van der Waals surface area contributed by atoms with Crippen LogP contribution in [0.1, 0.15) is 0 Å². The van der Waals surface area contributed by atoms with Crippen molar-refractivity contribution in [1.29, 1.82) is 0 Å². The van der Waals surface area contributed by atoms with E-state index in [2.05, 4.69) is 22.8 Å². The molecule has 1 aromatic heterocycles. The zero-order valence-electron chi connectivity index (χ0n) is 6.28. The fraction of sp³-hybridized carbons (Fsp3) is 0.125. The van der Waals surface area contributed by atoms with Gasteiger partial charge in [-0.05, 0) is 12.3 Å². The standard InChI is InChI=1S/C7H6N2.CH4S/c1-2-4-7-6(3-1)5-8-9-7;1-2/h1-5H,(H,8,9);2H,1H3. The molecule has 0 aliphatic heterocycles. The Kier molecular flexibility index (Phi) is 2.98. The van der Waals surface area contributed by atoms with E-state index < -0.39 is 0 Å². The number of benzene rings is 1. The Bertz CT molecular complexity index is 286. The summed E-state index contributed by atoms with van der Waals surface area (Å²) in [6, 6.07) is 8.01. The average molecular weight is 166 g/mol. The molecular formula is C8H10N2S. The summed E-state index contributed by atoms with van der Waals surface area (Å²) in [5, 5.41) is 7.91. The van der Waals surface area contributed by atoms with Crippen molar-refractivity contribution in [3.63, 3.8) is 0 Å². The third-order valence-corrected chi connectivity index (χ3v) is 1.35. The van der Waals surface area contributed by atoms with E-state index in [1.165, 1.54) is 0 Å². The van der Waals surface area contributed by atoms with Gasteiger partial charge in [0.15, 0.2) is 0 Å². The van der Waals surface area contributed by atoms with Crippen molar-refractivity contribution < 1.29 is 0 Å². The fourth-order valence-electron chi connectivity index (χ4n) is 0.883. The molecule has 3 heteroatoms. The van der Waals surface area contributed by atoms with Crippen LogP contribution in [0.15, 0.2) is 30.5 Å². The number of fused-ring (bicyclic) bond motifs is 1. The number of nitrogens with zero attached hydrogens (tertiary/aromatic N) is 1. The van der Waals surface area contributed by atoms with Gasteiger partial charge in [-0.1, -0.05) is 18.2 Å². The summed E-state index contributed by atoms with van der Waals surface area (Å²) in [6.45, 7) is 0. The van der Waals surface area contributed by atoms with Gasteiger partial charge in [-0.2, -0.15) is 17.7 Å². The lowest BCUT2D eigenvalue weighted by atomic mass is 10.3. The van der Waals surface area contributed by atoms with Crippen LogP contribution in [0.4, 0.5) is 0 Å². The minimum absolute atomic E-state index is 1.09. The molecule has 0 bridgehead atoms. The SMILES string of the molecule is CS.c1ccc2[nH]ncc2c1. The molecular weight excluding hydrogens is 156 g/mol. The first-order valence-corrected chi connectivity index (χ1v) is 4.19. The molecule has 11 heavy (non-hydrogen) atoms. The number of rotatable bonds is 0. The van der Waals surface area contributed by atoms with Gasteiger partial charge in [0.05, 0.1) is 11.7 Å². The van der Waals surface area contributed by atoms with E-state index in [9.17, 15) is 0 Å². The molecule has 0 amide bonds. The highest BCUT2D eigenvalue weighted by Gasteiger charge is 1.88. The van der Waals surface area contributed by atoms with Gasteiger partial charge in [0, 0.05) is 5.39 Å². The molecule has 58 valence electrons. The Morgan fingerprint density at radius 1 is 1.27 bits per heavy atom. The Morgan fingerprint density at radius 3 is 2.73 bits per heavy atom. The topological polar surface area (TPSA) is 28.7 Å². The lowest BCUT2D eigenvalue weighted by Crippen LogP contribution is -1.63. The molecule has 0 radical (unpaired) electrons. The van der Waals surface area contributed by atoms with Crippen LogP contribution in [0, 0.1) is 0 Å². The fourth-order valence-corrected chi connectivity index (χ4v) is 0.883. The Morgan fingerprint density at radius 2 is 2.00 bits per heavy atom. The molecule has 0 atom stereocenters. The number of H-pyrrole nitrogens is 1. The maximum Gasteiger partial charge on any atom is 0.0650 e. The van der Waals surface area contributed by atoms with Crippen LogP contribution in [0.2, 0.25) is 0 Å². The van der Waals surface area contributed by atoms with Gasteiger partial charge >= 0.3 is 0 Å². The van der Waals surface area contributed by atoms with Crippen molar-refractivity contribution in [3.05, 3.63) is 30.5 Å². The number of thiol groups is 1. The number of aromatic nitrogens is 2. The summed E-state index contributed by atoms with van der Waals surface area (Å²) in [7, 11) is 0. The molecule has 1 heterocycles. The maximum absolute atomic E-state index is 3.88. The highest BCUT2D eigenvalue weighted by molar-refractivity contribution is 7.79. The van der Waals surface area contributed by atoms with Crippen molar-refractivity contribution in [2.75, 3.05) is 6.26 Å². The van der Waals surface area contributed by atoms with E-state index >= 15 is 0 Å². The van der Waals surface area contributed by atoms with Crippen molar-refractivity contribution >= 4 is 23.5 Å². The highest BCUT2D eigenvalue weighted by atomic mass is 32.1. The monoisotopic (exact) mass is 166 g/mol. The Labute approximate surface area is 71.0 Å². The lowest BCUT2D eigenvalue weighted by molar-refractivity contribution is 1.12. The van der Waals surface area contributed by atoms with Crippen molar-refractivity contribution in [1.82, 2.24) is 10.2 Å². The Balaban J connectivity index is 0.000000281. The zero-order chi connectivity index (χ0) is 8.10. The van der Waals surface area contributed by atoms with Crippen LogP contribution >= 0.6 is 12.6 Å². The van der Waals surface area contributed by atoms with E-state index in [0.29, 0.717) is 0 Å². The van der Waals surface area contributed by atoms with Crippen LogP contribution in [0.3, 0.4) is 0 Å². The van der Waals surface area contributed by atoms with Gasteiger partial charge in [-0.15, -0.1) is 0 Å². The molecule has 2 nitrogen and oxygen atoms in total. The van der Waals surface area contributed by atoms with Crippen LogP contribution in [0.25, 0.3) is 10.9 Å². The summed E-state index contributed by atoms with van der Waals surface area (Å²) in [4.78, 5) is 0. The second-order valence-electron chi connectivity index (χ2n) is 1.96. The lowest BCUT2D eigenvalue weighted by Gasteiger charge is -1.81. The number of aromatic amines is 1. The molecule has 1 aromatic carbocycles. The third kappa shape index (κ3) is 1.74. The predicted octanol–water partition coefficient (Wildman–Crippen LogP) is 2.11. The predicted molar refractivity (Wildman–Crippen MR) is 51.0 cm³/mol. The molecule has 0 aliphatic carbocycles. The van der Waals surface area contributed by atoms with Gasteiger partial charge in [0.1, 0.15) is 0 Å². The quantitative estimate of drug-likeness (QED) is 0.576. The second kappa shape index (κ2) is 4.03. The van der Waals surface area contributed by atoms with Gasteiger partial charge in [-0.3, -0.25) is 5.10 Å². The molecule has 0 fully saturated rings. The smallest absolute Gasteiger partial charge is 0.0650 e. The summed E-state index contributed by atoms with van der Waals surface area (Å²) >= 11 is 3.53. The summed E-state index contributed by atoms with van der Waals surface area (Å²) in [5.41, 5.74) is 1.09. The maximum atomic E-state index is 3.88. The largest absolute Gasteiger partial charge is 0.278 e. The number of hydrogen-bond acceptors (Lipinski definition) is 2. The van der Waals surface area contributed by atoms with E-state index in [4.69, 9.17) is 0 Å². The molecule has 2 aromatic rings. The molecule has 0 saturated carbocycles. The molecule has 0 spiro atoms. The molecule has 0 unspecified atom stereocenters. The second-order valence-corrected chi connectivity index (χ2v) is 1.96. The molecule has 0 saturated heterocycles. The first-order valence-electron chi connectivity index (χ1n) is 3.30. The van der Waals surface area contributed by atoms with Gasteiger partial charge in [0.2, 0.25) is 0 Å². The van der Waals surface area contributed by atoms with Crippen LogP contribution in [-0.4, -0.2) is 16.5 Å². The zero-order valence-corrected chi connectivity index (χ0v) is 7.18. The van der Waals surface area contributed by atoms with Crippen LogP contribution < -0.4 is 0 Å². The van der Waals surface area contributed by atoms with Crippen molar-refractivity contribution in [2.45, 2.75) is 0 Å². The summed E-state index contributed by atoms with van der Waals surface area (Å²) in [6.07, 6.45) is 3.51. The van der Waals surface area contributed by atoms with Crippen molar-refractivity contribution in [3.8, 4) is 0 Å². The van der Waals surface area contributed by atoms with Crippen LogP contribution in [-0.2, 0) is 0 Å². The van der Waals surface area contributed by atoms with Crippen molar-refractivity contribution in [2.24, 2.45) is 0 Å². The van der Waals surface area contributed by atoms with Gasteiger partial charge in [0.25, 0.3) is 0 Å². The van der Waals surface area contributed by atoms with Gasteiger partial charge in [-0.25, -0.2) is 0 Å². The van der Waals surface area contributed by atoms with Gasteiger partial charge < -0.3 is 0 Å². The minimum atomic E-state index is 1.09. The van der Waals surface area contributed by atoms with E-state index in [-0.39, 0.29) is 0 Å². The molecule has 2 rings (SSSR count). The number of nitrogens with one attached hydrogen (secondary N) is 1. The van der Waals surface area contributed by atoms with Crippen LogP contribution in [0.5, 0.6) is 0 Å². The van der Waals surface area contributed by atoms with E-state index in [0.717, 1.165) is 10.9 Å². The average Bonchev–Trinajstić information content (AvgIpc) is 2.55. The normalized spacial score (nSPS) is 8.91. The third-order valence-electron chi connectivity index (χ3n) is 1.35. The minimum Gasteiger partial charge on any atom is -0.278 e. The first-order chi connectivity index (χ1) is 5.47. The highest BCUT2D eigenvalue weighted by Crippen LogP contribution is 2.06. The first kappa shape index (κ1) is 8.14. The number of hydrogen-bond donors (Lipinski definition) is 2. The molecule has 0 aliphatic rings. The molecule has 1 N–H and O–H groups in total. The summed E-state index contributed by atoms with van der Waals surface area (Å²) < 4.78 is 0.